The molecular weight excluding hydrogens is 286 g/mol. The van der Waals surface area contributed by atoms with Crippen LogP contribution in [0.15, 0.2) is 23.1 Å². The molecule has 0 bridgehead atoms. The molecule has 1 atom stereocenters. The number of hydrogen-bond donors (Lipinski definition) is 1. The highest BCUT2D eigenvalue weighted by Crippen LogP contribution is 2.30. The monoisotopic (exact) mass is 301 g/mol. The fraction of sp³-hybridized carbons (Fsp3) is 0.455. The minimum Gasteiger partial charge on any atom is -0.377 e. The van der Waals surface area contributed by atoms with Crippen molar-refractivity contribution in [3.05, 3.63) is 33.9 Å². The lowest BCUT2D eigenvalue weighted by Crippen LogP contribution is -2.53. The Morgan fingerprint density at radius 1 is 1.50 bits per heavy atom. The van der Waals surface area contributed by atoms with Crippen LogP contribution in [0.5, 0.6) is 0 Å². The second-order valence-electron chi connectivity index (χ2n) is 4.44. The van der Waals surface area contributed by atoms with Crippen molar-refractivity contribution in [3.63, 3.8) is 0 Å². The average Bonchev–Trinajstić information content (AvgIpc) is 2.38. The lowest BCUT2D eigenvalue weighted by atomic mass is 10.2. The van der Waals surface area contributed by atoms with Crippen molar-refractivity contribution in [1.82, 2.24) is 4.31 Å². The zero-order valence-corrected chi connectivity index (χ0v) is 11.7. The summed E-state index contributed by atoms with van der Waals surface area (Å²) in [5, 5.41) is 11.1. The van der Waals surface area contributed by atoms with Gasteiger partial charge in [0.2, 0.25) is 0 Å². The molecule has 0 spiro atoms. The van der Waals surface area contributed by atoms with Gasteiger partial charge in [-0.3, -0.25) is 10.1 Å². The quantitative estimate of drug-likeness (QED) is 0.630. The van der Waals surface area contributed by atoms with Crippen molar-refractivity contribution in [2.75, 3.05) is 19.8 Å². The van der Waals surface area contributed by atoms with E-state index < -0.39 is 26.8 Å². The molecule has 1 aliphatic heterocycles. The Labute approximate surface area is 116 Å². The summed E-state index contributed by atoms with van der Waals surface area (Å²) in [5.74, 6) is 0. The summed E-state index contributed by atoms with van der Waals surface area (Å²) >= 11 is 0. The molecule has 1 fully saturated rings. The normalized spacial score (nSPS) is 20.8. The molecule has 1 aromatic carbocycles. The predicted octanol–water partition coefficient (Wildman–Crippen LogP) is 0.209. The van der Waals surface area contributed by atoms with E-state index >= 15 is 0 Å². The first kappa shape index (κ1) is 14.9. The van der Waals surface area contributed by atoms with Gasteiger partial charge >= 0.3 is 0 Å². The maximum atomic E-state index is 12.6. The smallest absolute Gasteiger partial charge is 0.289 e. The molecule has 8 nitrogen and oxygen atoms in total. The highest BCUT2D eigenvalue weighted by Gasteiger charge is 2.37. The van der Waals surface area contributed by atoms with Gasteiger partial charge in [0.05, 0.1) is 24.3 Å². The minimum atomic E-state index is -4.03. The van der Waals surface area contributed by atoms with Crippen LogP contribution < -0.4 is 5.73 Å². The van der Waals surface area contributed by atoms with Gasteiger partial charge in [-0.15, -0.1) is 0 Å². The summed E-state index contributed by atoms with van der Waals surface area (Å²) in [6.07, 6.45) is -0.840. The highest BCUT2D eigenvalue weighted by molar-refractivity contribution is 7.89. The third-order valence-electron chi connectivity index (χ3n) is 3.07. The fourth-order valence-electron chi connectivity index (χ4n) is 2.14. The molecule has 1 aromatic rings. The van der Waals surface area contributed by atoms with Gasteiger partial charge in [0, 0.05) is 12.6 Å². The van der Waals surface area contributed by atoms with Crippen LogP contribution >= 0.6 is 0 Å². The van der Waals surface area contributed by atoms with Crippen LogP contribution in [-0.2, 0) is 14.8 Å². The summed E-state index contributed by atoms with van der Waals surface area (Å²) < 4.78 is 31.4. The SMILES string of the molecule is Cc1cccc([N+](=O)[O-])c1S(=O)(=O)N1CCOCC1N. The lowest BCUT2D eigenvalue weighted by Gasteiger charge is -2.32. The van der Waals surface area contributed by atoms with Crippen molar-refractivity contribution in [2.45, 2.75) is 18.0 Å². The number of nitrogens with two attached hydrogens (primary N) is 1. The molecule has 110 valence electrons. The Balaban J connectivity index is 2.57. The second kappa shape index (κ2) is 5.44. The van der Waals surface area contributed by atoms with Crippen LogP contribution in [0, 0.1) is 17.0 Å². The average molecular weight is 301 g/mol. The van der Waals surface area contributed by atoms with E-state index in [9.17, 15) is 18.5 Å². The van der Waals surface area contributed by atoms with E-state index in [0.29, 0.717) is 5.56 Å². The Bertz CT molecular complexity index is 631. The van der Waals surface area contributed by atoms with Gasteiger partial charge < -0.3 is 10.5 Å². The van der Waals surface area contributed by atoms with Gasteiger partial charge in [-0.05, 0) is 12.5 Å². The zero-order chi connectivity index (χ0) is 14.9. The Kier molecular flexibility index (Phi) is 4.04. The van der Waals surface area contributed by atoms with Gasteiger partial charge in [0.15, 0.2) is 4.90 Å². The molecule has 0 aliphatic carbocycles. The van der Waals surface area contributed by atoms with Crippen LogP contribution in [0.3, 0.4) is 0 Å². The first-order valence-electron chi connectivity index (χ1n) is 5.95. The Morgan fingerprint density at radius 2 is 2.20 bits per heavy atom. The summed E-state index contributed by atoms with van der Waals surface area (Å²) in [7, 11) is -4.03. The summed E-state index contributed by atoms with van der Waals surface area (Å²) in [6.45, 7) is 1.88. The molecule has 1 aliphatic rings. The number of benzene rings is 1. The molecule has 0 radical (unpaired) electrons. The third kappa shape index (κ3) is 2.52. The summed E-state index contributed by atoms with van der Waals surface area (Å²) in [4.78, 5) is 10.0. The molecular formula is C11H15N3O5S. The number of ether oxygens (including phenoxy) is 1. The molecule has 9 heteroatoms. The Hall–Kier alpha value is -1.55. The molecule has 0 aromatic heterocycles. The van der Waals surface area contributed by atoms with E-state index in [1.165, 1.54) is 25.1 Å². The van der Waals surface area contributed by atoms with Gasteiger partial charge in [-0.1, -0.05) is 12.1 Å². The number of nitro benzene ring substituents is 1. The number of aryl methyl sites for hydroxylation is 1. The van der Waals surface area contributed by atoms with Crippen LogP contribution in [-0.4, -0.2) is 43.6 Å². The van der Waals surface area contributed by atoms with Crippen molar-refractivity contribution >= 4 is 15.7 Å². The van der Waals surface area contributed by atoms with Crippen molar-refractivity contribution in [2.24, 2.45) is 5.73 Å². The molecule has 1 unspecified atom stereocenters. The van der Waals surface area contributed by atoms with E-state index in [4.69, 9.17) is 10.5 Å². The second-order valence-corrected chi connectivity index (χ2v) is 6.27. The maximum Gasteiger partial charge on any atom is 0.289 e. The van der Waals surface area contributed by atoms with Crippen LogP contribution in [0.2, 0.25) is 0 Å². The zero-order valence-electron chi connectivity index (χ0n) is 10.9. The van der Waals surface area contributed by atoms with Crippen LogP contribution in [0.1, 0.15) is 5.56 Å². The lowest BCUT2D eigenvalue weighted by molar-refractivity contribution is -0.388. The van der Waals surface area contributed by atoms with Crippen LogP contribution in [0.4, 0.5) is 5.69 Å². The standard InChI is InChI=1S/C11H15N3O5S/c1-8-3-2-4-9(14(15)16)11(8)20(17,18)13-5-6-19-7-10(13)12/h2-4,10H,5-7,12H2,1H3. The third-order valence-corrected chi connectivity index (χ3v) is 5.19. The van der Waals surface area contributed by atoms with Crippen molar-refractivity contribution < 1.29 is 18.1 Å². The van der Waals surface area contributed by atoms with Crippen molar-refractivity contribution in [3.8, 4) is 0 Å². The first-order chi connectivity index (χ1) is 9.35. The van der Waals surface area contributed by atoms with Gasteiger partial charge in [-0.2, -0.15) is 4.31 Å². The van der Waals surface area contributed by atoms with E-state index in [0.717, 1.165) is 4.31 Å². The minimum absolute atomic E-state index is 0.0684. The largest absolute Gasteiger partial charge is 0.377 e. The number of nitrogens with zero attached hydrogens (tertiary/aromatic N) is 2. The predicted molar refractivity (Wildman–Crippen MR) is 70.5 cm³/mol. The van der Waals surface area contributed by atoms with E-state index in [1.807, 2.05) is 0 Å². The molecule has 0 saturated carbocycles. The molecule has 0 amide bonds. The number of morpholine rings is 1. The number of rotatable bonds is 3. The van der Waals surface area contributed by atoms with Crippen LogP contribution in [0.25, 0.3) is 0 Å². The number of nitro groups is 1. The number of sulfonamides is 1. The molecule has 20 heavy (non-hydrogen) atoms. The Morgan fingerprint density at radius 3 is 2.80 bits per heavy atom. The molecule has 1 saturated heterocycles. The molecule has 1 heterocycles. The molecule has 2 N–H and O–H groups in total. The van der Waals surface area contributed by atoms with Gasteiger partial charge in [0.25, 0.3) is 15.7 Å². The van der Waals surface area contributed by atoms with Gasteiger partial charge in [0.1, 0.15) is 0 Å². The molecule has 2 rings (SSSR count). The fourth-order valence-corrected chi connectivity index (χ4v) is 3.99. The highest BCUT2D eigenvalue weighted by atomic mass is 32.2. The number of hydrogen-bond acceptors (Lipinski definition) is 6. The van der Waals surface area contributed by atoms with E-state index in [2.05, 4.69) is 0 Å². The van der Waals surface area contributed by atoms with Gasteiger partial charge in [-0.25, -0.2) is 8.42 Å². The first-order valence-corrected chi connectivity index (χ1v) is 7.39. The topological polar surface area (TPSA) is 116 Å². The van der Waals surface area contributed by atoms with E-state index in [-0.39, 0.29) is 24.7 Å². The summed E-state index contributed by atoms with van der Waals surface area (Å²) in [6, 6.07) is 4.14. The van der Waals surface area contributed by atoms with Crippen molar-refractivity contribution in [1.29, 1.82) is 0 Å². The summed E-state index contributed by atoms with van der Waals surface area (Å²) in [5.41, 5.74) is 5.61. The van der Waals surface area contributed by atoms with E-state index in [1.54, 1.807) is 0 Å². The maximum absolute atomic E-state index is 12.6.